The Morgan fingerprint density at radius 2 is 1.83 bits per heavy atom. The zero-order chi connectivity index (χ0) is 25.8. The number of methoxy groups -OCH3 is 1. The summed E-state index contributed by atoms with van der Waals surface area (Å²) in [7, 11) is 1.47. The lowest BCUT2D eigenvalue weighted by Crippen LogP contribution is -2.58. The van der Waals surface area contributed by atoms with Crippen LogP contribution >= 0.6 is 15.9 Å². The number of rotatable bonds is 7. The van der Waals surface area contributed by atoms with Crippen molar-refractivity contribution >= 4 is 45.8 Å². The summed E-state index contributed by atoms with van der Waals surface area (Å²) in [5.74, 6) is -1.58. The summed E-state index contributed by atoms with van der Waals surface area (Å²) in [4.78, 5) is 50.3. The van der Waals surface area contributed by atoms with Crippen LogP contribution in [0.25, 0.3) is 6.08 Å². The molecular formula is C26H25BrN2O7. The fourth-order valence-electron chi connectivity index (χ4n) is 4.37. The van der Waals surface area contributed by atoms with Gasteiger partial charge in [-0.1, -0.05) is 31.4 Å². The summed E-state index contributed by atoms with van der Waals surface area (Å²) < 4.78 is 11.9. The highest BCUT2D eigenvalue weighted by molar-refractivity contribution is 9.10. The monoisotopic (exact) mass is 556 g/mol. The molecule has 36 heavy (non-hydrogen) atoms. The fourth-order valence-corrected chi connectivity index (χ4v) is 4.95. The van der Waals surface area contributed by atoms with Crippen molar-refractivity contribution in [1.29, 1.82) is 0 Å². The molecule has 0 atom stereocenters. The van der Waals surface area contributed by atoms with Crippen molar-refractivity contribution in [2.75, 3.05) is 7.11 Å². The van der Waals surface area contributed by atoms with Crippen LogP contribution in [-0.4, -0.2) is 47.0 Å². The first kappa shape index (κ1) is 25.4. The average molecular weight is 557 g/mol. The lowest BCUT2D eigenvalue weighted by molar-refractivity contribution is -0.132. The number of urea groups is 1. The lowest BCUT2D eigenvalue weighted by Gasteiger charge is -2.35. The standard InChI is InChI=1S/C26H25BrN2O7/c1-35-21-13-16(12-20(27)22(21)36-14-15-7-9-17(10-8-15)25(32)33)11-19-23(30)28-26(34)29(24(19)31)18-5-3-2-4-6-18/h7-13,18H,2-6,14H2,1H3,(H,32,33)(H,28,30,34). The Bertz CT molecular complexity index is 1230. The normalized spacial score (nSPS) is 17.8. The van der Waals surface area contributed by atoms with E-state index in [-0.39, 0.29) is 23.8 Å². The number of barbiturate groups is 1. The molecule has 188 valence electrons. The van der Waals surface area contributed by atoms with E-state index in [1.54, 1.807) is 24.3 Å². The number of amides is 4. The van der Waals surface area contributed by atoms with Gasteiger partial charge in [-0.15, -0.1) is 0 Å². The predicted octanol–water partition coefficient (Wildman–Crippen LogP) is 4.53. The molecule has 0 radical (unpaired) electrons. The topological polar surface area (TPSA) is 122 Å². The van der Waals surface area contributed by atoms with Crippen molar-refractivity contribution in [1.82, 2.24) is 10.2 Å². The van der Waals surface area contributed by atoms with Crippen LogP contribution in [0.4, 0.5) is 4.79 Å². The molecule has 2 fully saturated rings. The van der Waals surface area contributed by atoms with Crippen molar-refractivity contribution in [2.24, 2.45) is 0 Å². The number of halogens is 1. The third-order valence-electron chi connectivity index (χ3n) is 6.22. The molecule has 2 aliphatic rings. The highest BCUT2D eigenvalue weighted by atomic mass is 79.9. The minimum Gasteiger partial charge on any atom is -0.493 e. The number of carbonyl (C=O) groups excluding carboxylic acids is 3. The Balaban J connectivity index is 1.56. The maximum absolute atomic E-state index is 13.2. The molecule has 1 saturated heterocycles. The number of carboxylic acids is 1. The second kappa shape index (κ2) is 10.9. The Kier molecular flexibility index (Phi) is 7.73. The second-order valence-corrected chi connectivity index (χ2v) is 9.46. The molecule has 2 aromatic rings. The Labute approximate surface area is 216 Å². The molecule has 2 N–H and O–H groups in total. The third kappa shape index (κ3) is 5.43. The number of ether oxygens (including phenoxy) is 2. The summed E-state index contributed by atoms with van der Waals surface area (Å²) in [5, 5.41) is 11.3. The molecule has 1 aliphatic heterocycles. The van der Waals surface area contributed by atoms with Gasteiger partial charge in [0.25, 0.3) is 11.8 Å². The molecule has 0 aromatic heterocycles. The van der Waals surface area contributed by atoms with Gasteiger partial charge in [-0.05, 0) is 70.2 Å². The number of hydrogen-bond acceptors (Lipinski definition) is 6. The van der Waals surface area contributed by atoms with Gasteiger partial charge in [0.1, 0.15) is 12.2 Å². The molecule has 1 saturated carbocycles. The number of benzene rings is 2. The Morgan fingerprint density at radius 1 is 1.14 bits per heavy atom. The molecule has 0 bridgehead atoms. The average Bonchev–Trinajstić information content (AvgIpc) is 2.86. The lowest BCUT2D eigenvalue weighted by atomic mass is 9.93. The van der Waals surface area contributed by atoms with E-state index in [9.17, 15) is 19.2 Å². The summed E-state index contributed by atoms with van der Waals surface area (Å²) in [6.45, 7) is 0.161. The van der Waals surface area contributed by atoms with Gasteiger partial charge in [0.2, 0.25) is 0 Å². The fraction of sp³-hybridized carbons (Fsp3) is 0.308. The van der Waals surface area contributed by atoms with E-state index in [0.717, 1.165) is 37.7 Å². The maximum Gasteiger partial charge on any atom is 0.335 e. The van der Waals surface area contributed by atoms with Crippen LogP contribution in [0.3, 0.4) is 0 Å². The number of hydrogen-bond donors (Lipinski definition) is 2. The maximum atomic E-state index is 13.2. The predicted molar refractivity (Wildman–Crippen MR) is 134 cm³/mol. The van der Waals surface area contributed by atoms with Crippen LogP contribution in [0, 0.1) is 0 Å². The summed E-state index contributed by atoms with van der Waals surface area (Å²) >= 11 is 3.46. The van der Waals surface area contributed by atoms with Crippen molar-refractivity contribution < 1.29 is 33.8 Å². The van der Waals surface area contributed by atoms with Crippen molar-refractivity contribution in [3.8, 4) is 11.5 Å². The zero-order valence-electron chi connectivity index (χ0n) is 19.6. The van der Waals surface area contributed by atoms with E-state index in [1.807, 2.05) is 0 Å². The largest absolute Gasteiger partial charge is 0.493 e. The number of carboxylic acid groups (broad SMARTS) is 1. The molecule has 4 amide bonds. The van der Waals surface area contributed by atoms with Crippen LogP contribution in [-0.2, 0) is 16.2 Å². The van der Waals surface area contributed by atoms with Gasteiger partial charge < -0.3 is 14.6 Å². The Morgan fingerprint density at radius 3 is 2.47 bits per heavy atom. The first-order valence-electron chi connectivity index (χ1n) is 11.5. The minimum atomic E-state index is -1.01. The van der Waals surface area contributed by atoms with Crippen LogP contribution in [0.1, 0.15) is 53.6 Å². The molecule has 9 nitrogen and oxygen atoms in total. The van der Waals surface area contributed by atoms with Gasteiger partial charge in [0, 0.05) is 6.04 Å². The van der Waals surface area contributed by atoms with E-state index in [1.165, 1.54) is 30.2 Å². The summed E-state index contributed by atoms with van der Waals surface area (Å²) in [6, 6.07) is 8.73. The number of nitrogens with zero attached hydrogens (tertiary/aromatic N) is 1. The van der Waals surface area contributed by atoms with Gasteiger partial charge in [-0.3, -0.25) is 19.8 Å². The number of carbonyl (C=O) groups is 4. The van der Waals surface area contributed by atoms with Crippen LogP contribution in [0.2, 0.25) is 0 Å². The molecule has 1 heterocycles. The van der Waals surface area contributed by atoms with E-state index in [0.29, 0.717) is 21.5 Å². The molecule has 10 heteroatoms. The van der Waals surface area contributed by atoms with Gasteiger partial charge in [0.05, 0.1) is 17.1 Å². The van der Waals surface area contributed by atoms with Gasteiger partial charge in [-0.2, -0.15) is 0 Å². The van der Waals surface area contributed by atoms with Gasteiger partial charge in [0.15, 0.2) is 11.5 Å². The molecule has 1 aliphatic carbocycles. The first-order chi connectivity index (χ1) is 17.3. The summed E-state index contributed by atoms with van der Waals surface area (Å²) in [6.07, 6.45) is 5.82. The molecule has 0 spiro atoms. The number of imide groups is 2. The SMILES string of the molecule is COc1cc(C=C2C(=O)NC(=O)N(C3CCCCC3)C2=O)cc(Br)c1OCc1ccc(C(=O)O)cc1. The van der Waals surface area contributed by atoms with E-state index >= 15 is 0 Å². The highest BCUT2D eigenvalue weighted by Gasteiger charge is 2.40. The van der Waals surface area contributed by atoms with Crippen molar-refractivity contribution in [3.63, 3.8) is 0 Å². The summed E-state index contributed by atoms with van der Waals surface area (Å²) in [5.41, 5.74) is 1.33. The highest BCUT2D eigenvalue weighted by Crippen LogP contribution is 2.38. The zero-order valence-corrected chi connectivity index (χ0v) is 21.2. The van der Waals surface area contributed by atoms with Crippen LogP contribution < -0.4 is 14.8 Å². The molecule has 0 unspecified atom stereocenters. The molecule has 4 rings (SSSR count). The number of nitrogens with one attached hydrogen (secondary N) is 1. The van der Waals surface area contributed by atoms with Crippen LogP contribution in [0.15, 0.2) is 46.4 Å². The Hall–Kier alpha value is -3.66. The van der Waals surface area contributed by atoms with E-state index in [2.05, 4.69) is 21.2 Å². The second-order valence-electron chi connectivity index (χ2n) is 8.61. The van der Waals surface area contributed by atoms with E-state index < -0.39 is 23.8 Å². The number of aromatic carboxylic acids is 1. The smallest absolute Gasteiger partial charge is 0.335 e. The van der Waals surface area contributed by atoms with Crippen molar-refractivity contribution in [2.45, 2.75) is 44.8 Å². The van der Waals surface area contributed by atoms with Crippen molar-refractivity contribution in [3.05, 3.63) is 63.1 Å². The van der Waals surface area contributed by atoms with E-state index in [4.69, 9.17) is 14.6 Å². The molecular weight excluding hydrogens is 532 g/mol. The third-order valence-corrected chi connectivity index (χ3v) is 6.81. The van der Waals surface area contributed by atoms with Gasteiger partial charge >= 0.3 is 12.0 Å². The van der Waals surface area contributed by atoms with Crippen LogP contribution in [0.5, 0.6) is 11.5 Å². The molecule has 2 aromatic carbocycles. The first-order valence-corrected chi connectivity index (χ1v) is 12.3. The quantitative estimate of drug-likeness (QED) is 0.379. The van der Waals surface area contributed by atoms with Gasteiger partial charge in [-0.25, -0.2) is 9.59 Å². The minimum absolute atomic E-state index is 0.124.